The van der Waals surface area contributed by atoms with Crippen LogP contribution in [0.5, 0.6) is 0 Å². The van der Waals surface area contributed by atoms with Crippen LogP contribution in [0.2, 0.25) is 0 Å². The van der Waals surface area contributed by atoms with Gasteiger partial charge in [-0.1, -0.05) is 24.3 Å². The number of aliphatic carboxylic acids is 1. The monoisotopic (exact) mass is 240 g/mol. The van der Waals surface area contributed by atoms with E-state index < -0.39 is 21.6 Å². The number of benzene rings is 1. The van der Waals surface area contributed by atoms with Gasteiger partial charge in [0, 0.05) is 5.92 Å². The fraction of sp³-hybridized carbons (Fsp3) is 0.364. The van der Waals surface area contributed by atoms with Crippen molar-refractivity contribution in [2.24, 2.45) is 0 Å². The van der Waals surface area contributed by atoms with Gasteiger partial charge in [0.1, 0.15) is 5.75 Å². The molecule has 1 aliphatic carbocycles. The Kier molecular flexibility index (Phi) is 2.71. The average molecular weight is 240 g/mol. The largest absolute Gasteiger partial charge is 0.480 e. The van der Waals surface area contributed by atoms with Crippen LogP contribution in [-0.2, 0) is 21.1 Å². The summed E-state index contributed by atoms with van der Waals surface area (Å²) in [6, 6.07) is 7.66. The Balaban J connectivity index is 2.07. The summed E-state index contributed by atoms with van der Waals surface area (Å²) in [4.78, 5) is 10.4. The minimum absolute atomic E-state index is 0.0273. The van der Waals surface area contributed by atoms with Crippen molar-refractivity contribution in [2.75, 3.05) is 11.5 Å². The molecule has 1 N–H and O–H groups in total. The van der Waals surface area contributed by atoms with Crippen LogP contribution in [0.25, 0.3) is 0 Å². The highest BCUT2D eigenvalue weighted by Crippen LogP contribution is 2.35. The van der Waals surface area contributed by atoms with Crippen LogP contribution in [-0.4, -0.2) is 31.0 Å². The highest BCUT2D eigenvalue weighted by molar-refractivity contribution is 7.92. The predicted molar refractivity (Wildman–Crippen MR) is 59.2 cm³/mol. The van der Waals surface area contributed by atoms with E-state index in [2.05, 4.69) is 0 Å². The number of hydrogen-bond acceptors (Lipinski definition) is 3. The van der Waals surface area contributed by atoms with Crippen LogP contribution in [0.4, 0.5) is 0 Å². The molecule has 5 heteroatoms. The Morgan fingerprint density at radius 1 is 1.38 bits per heavy atom. The van der Waals surface area contributed by atoms with Gasteiger partial charge in [-0.2, -0.15) is 0 Å². The average Bonchev–Trinajstić information content (AvgIpc) is 2.12. The van der Waals surface area contributed by atoms with Crippen molar-refractivity contribution in [1.29, 1.82) is 0 Å². The van der Waals surface area contributed by atoms with Crippen molar-refractivity contribution in [2.45, 2.75) is 12.3 Å². The number of hydrogen-bond donors (Lipinski definition) is 1. The van der Waals surface area contributed by atoms with E-state index in [9.17, 15) is 13.2 Å². The van der Waals surface area contributed by atoms with E-state index in [1.54, 1.807) is 0 Å². The third-order valence-corrected chi connectivity index (χ3v) is 4.36. The molecule has 0 fully saturated rings. The number of fused-ring (bicyclic) bond motifs is 1. The summed E-state index contributed by atoms with van der Waals surface area (Å²) in [6.07, 6.45) is 0.731. The van der Waals surface area contributed by atoms with Gasteiger partial charge < -0.3 is 5.11 Å². The van der Waals surface area contributed by atoms with Crippen molar-refractivity contribution in [3.05, 3.63) is 35.4 Å². The zero-order valence-electron chi connectivity index (χ0n) is 8.59. The number of sulfone groups is 1. The molecule has 0 saturated carbocycles. The molecule has 86 valence electrons. The highest BCUT2D eigenvalue weighted by atomic mass is 32.2. The van der Waals surface area contributed by atoms with Gasteiger partial charge in [0.25, 0.3) is 0 Å². The van der Waals surface area contributed by atoms with Crippen molar-refractivity contribution in [3.8, 4) is 0 Å². The molecule has 1 aromatic carbocycles. The van der Waals surface area contributed by atoms with Crippen LogP contribution < -0.4 is 0 Å². The predicted octanol–water partition coefficient (Wildman–Crippen LogP) is 0.826. The molecule has 4 nitrogen and oxygen atoms in total. The molecule has 0 radical (unpaired) electrons. The summed E-state index contributed by atoms with van der Waals surface area (Å²) in [5.41, 5.74) is 2.20. The molecule has 1 atom stereocenters. The van der Waals surface area contributed by atoms with Gasteiger partial charge in [0.15, 0.2) is 9.84 Å². The lowest BCUT2D eigenvalue weighted by Gasteiger charge is -2.29. The Morgan fingerprint density at radius 2 is 2.06 bits per heavy atom. The first-order valence-corrected chi connectivity index (χ1v) is 6.80. The molecule has 16 heavy (non-hydrogen) atoms. The molecular weight excluding hydrogens is 228 g/mol. The Labute approximate surface area is 93.8 Å². The fourth-order valence-corrected chi connectivity index (χ4v) is 3.47. The number of carboxylic acid groups (broad SMARTS) is 1. The lowest BCUT2D eigenvalue weighted by molar-refractivity contribution is -0.134. The first kappa shape index (κ1) is 11.1. The fourth-order valence-electron chi connectivity index (χ4n) is 2.06. The molecule has 0 amide bonds. The lowest BCUT2D eigenvalue weighted by Crippen LogP contribution is -2.28. The zero-order valence-corrected chi connectivity index (χ0v) is 9.40. The maximum Gasteiger partial charge on any atom is 0.318 e. The normalized spacial score (nSPS) is 18.6. The number of carboxylic acids is 1. The van der Waals surface area contributed by atoms with E-state index >= 15 is 0 Å². The first-order valence-electron chi connectivity index (χ1n) is 4.98. The molecular formula is C11H12O4S. The smallest absolute Gasteiger partial charge is 0.318 e. The lowest BCUT2D eigenvalue weighted by atomic mass is 9.79. The van der Waals surface area contributed by atoms with Gasteiger partial charge in [-0.25, -0.2) is 8.42 Å². The van der Waals surface area contributed by atoms with E-state index in [0.717, 1.165) is 17.5 Å². The molecule has 1 aliphatic rings. The minimum atomic E-state index is -3.48. The topological polar surface area (TPSA) is 71.4 Å². The van der Waals surface area contributed by atoms with E-state index in [1.165, 1.54) is 0 Å². The standard InChI is InChI=1S/C11H12O4S/c12-11(13)7-16(14,15)6-9-5-8-3-1-2-4-10(8)9/h1-4,9H,5-7H2,(H,12,13). The van der Waals surface area contributed by atoms with Gasteiger partial charge >= 0.3 is 5.97 Å². The van der Waals surface area contributed by atoms with Crippen LogP contribution >= 0.6 is 0 Å². The highest BCUT2D eigenvalue weighted by Gasteiger charge is 2.30. The quantitative estimate of drug-likeness (QED) is 0.846. The third-order valence-electron chi connectivity index (χ3n) is 2.76. The summed E-state index contributed by atoms with van der Waals surface area (Å²) in [5, 5.41) is 8.47. The molecule has 0 aliphatic heterocycles. The molecule has 1 unspecified atom stereocenters. The molecule has 1 aromatic rings. The molecule has 0 spiro atoms. The van der Waals surface area contributed by atoms with Gasteiger partial charge in [0.05, 0.1) is 5.75 Å². The first-order chi connectivity index (χ1) is 7.48. The summed E-state index contributed by atoms with van der Waals surface area (Å²) < 4.78 is 22.9. The molecule has 0 saturated heterocycles. The van der Waals surface area contributed by atoms with Crippen molar-refractivity contribution < 1.29 is 18.3 Å². The van der Waals surface area contributed by atoms with Crippen LogP contribution in [0, 0.1) is 0 Å². The number of carbonyl (C=O) groups is 1. The minimum Gasteiger partial charge on any atom is -0.480 e. The Bertz CT molecular complexity index is 519. The van der Waals surface area contributed by atoms with E-state index in [-0.39, 0.29) is 11.7 Å². The van der Waals surface area contributed by atoms with Gasteiger partial charge in [-0.15, -0.1) is 0 Å². The van der Waals surface area contributed by atoms with Crippen molar-refractivity contribution >= 4 is 15.8 Å². The van der Waals surface area contributed by atoms with E-state index in [4.69, 9.17) is 5.11 Å². The molecule has 0 bridgehead atoms. The van der Waals surface area contributed by atoms with Crippen LogP contribution in [0.1, 0.15) is 17.0 Å². The van der Waals surface area contributed by atoms with Gasteiger partial charge in [0.2, 0.25) is 0 Å². The van der Waals surface area contributed by atoms with Crippen molar-refractivity contribution in [1.82, 2.24) is 0 Å². The Morgan fingerprint density at radius 3 is 2.69 bits per heavy atom. The van der Waals surface area contributed by atoms with Crippen molar-refractivity contribution in [3.63, 3.8) is 0 Å². The van der Waals surface area contributed by atoms with Gasteiger partial charge in [-0.05, 0) is 17.5 Å². The van der Waals surface area contributed by atoms with Crippen LogP contribution in [0.15, 0.2) is 24.3 Å². The third kappa shape index (κ3) is 2.24. The summed E-state index contributed by atoms with van der Waals surface area (Å²) in [6.45, 7) is 0. The SMILES string of the molecule is O=C(O)CS(=O)(=O)CC1Cc2ccccc21. The maximum atomic E-state index is 11.5. The zero-order chi connectivity index (χ0) is 11.8. The maximum absolute atomic E-state index is 11.5. The molecule has 0 heterocycles. The molecule has 2 rings (SSSR count). The van der Waals surface area contributed by atoms with Gasteiger partial charge in [-0.3, -0.25) is 4.79 Å². The second kappa shape index (κ2) is 3.90. The molecule has 0 aromatic heterocycles. The van der Waals surface area contributed by atoms with E-state index in [1.807, 2.05) is 24.3 Å². The summed E-state index contributed by atoms with van der Waals surface area (Å²) >= 11 is 0. The summed E-state index contributed by atoms with van der Waals surface area (Å²) in [5.74, 6) is -2.14. The van der Waals surface area contributed by atoms with Crippen LogP contribution in [0.3, 0.4) is 0 Å². The second-order valence-corrected chi connectivity index (χ2v) is 6.16. The van der Waals surface area contributed by atoms with E-state index in [0.29, 0.717) is 0 Å². The Hall–Kier alpha value is -1.36. The number of rotatable bonds is 4. The summed E-state index contributed by atoms with van der Waals surface area (Å²) in [7, 11) is -3.48. The second-order valence-electron chi connectivity index (χ2n) is 4.05.